The van der Waals surface area contributed by atoms with Gasteiger partial charge in [-0.1, -0.05) is 0 Å². The van der Waals surface area contributed by atoms with Crippen LogP contribution in [0.15, 0.2) is 4.99 Å². The van der Waals surface area contributed by atoms with E-state index in [0.717, 1.165) is 25.0 Å². The lowest BCUT2D eigenvalue weighted by Gasteiger charge is -2.23. The summed E-state index contributed by atoms with van der Waals surface area (Å²) in [6, 6.07) is 0. The minimum Gasteiger partial charge on any atom is -0.379 e. The van der Waals surface area contributed by atoms with Crippen molar-refractivity contribution in [2.75, 3.05) is 60.5 Å². The monoisotopic (exact) mass is 466 g/mol. The third kappa shape index (κ3) is 12.1. The summed E-state index contributed by atoms with van der Waals surface area (Å²) in [5.74, 6) is 1.49. The molecule has 1 rings (SSSR count). The van der Waals surface area contributed by atoms with Gasteiger partial charge in [0.15, 0.2) is 5.96 Å². The van der Waals surface area contributed by atoms with E-state index < -0.39 is 12.7 Å². The summed E-state index contributed by atoms with van der Waals surface area (Å²) in [7, 11) is 5.09. The molecule has 0 spiro atoms. The largest absolute Gasteiger partial charge is 0.401 e. The fourth-order valence-electron chi connectivity index (χ4n) is 2.16. The Bertz CT molecular complexity index is 365. The van der Waals surface area contributed by atoms with Crippen LogP contribution >= 0.6 is 24.0 Å². The highest BCUT2D eigenvalue weighted by atomic mass is 127. The minimum atomic E-state index is -4.14. The van der Waals surface area contributed by atoms with Crippen molar-refractivity contribution in [3.05, 3.63) is 0 Å². The molecule has 0 atom stereocenters. The maximum absolute atomic E-state index is 12.2. The van der Waals surface area contributed by atoms with E-state index in [1.54, 1.807) is 7.05 Å². The number of alkyl halides is 3. The first-order valence-corrected chi connectivity index (χ1v) is 8.06. The van der Waals surface area contributed by atoms with E-state index in [4.69, 9.17) is 4.74 Å². The summed E-state index contributed by atoms with van der Waals surface area (Å²) in [6.45, 7) is 2.33. The molecule has 24 heavy (non-hydrogen) atoms. The van der Waals surface area contributed by atoms with Crippen LogP contribution in [0.25, 0.3) is 0 Å². The van der Waals surface area contributed by atoms with Gasteiger partial charge in [-0.05, 0) is 38.8 Å². The third-order valence-corrected chi connectivity index (χ3v) is 3.64. The van der Waals surface area contributed by atoms with Crippen molar-refractivity contribution in [2.45, 2.75) is 25.4 Å². The molecule has 0 aliphatic heterocycles. The number of nitrogens with zero attached hydrogens (tertiary/aromatic N) is 3. The van der Waals surface area contributed by atoms with E-state index in [1.807, 2.05) is 11.9 Å². The van der Waals surface area contributed by atoms with Gasteiger partial charge in [0.25, 0.3) is 0 Å². The SMILES string of the molecule is CN=C(NCCCN(C)CC(F)(F)F)N(C)CCOCC1CC1.I. The van der Waals surface area contributed by atoms with Crippen LogP contribution in [-0.4, -0.2) is 82.5 Å². The summed E-state index contributed by atoms with van der Waals surface area (Å²) in [6.07, 6.45) is -0.958. The van der Waals surface area contributed by atoms with Crippen LogP contribution in [0.2, 0.25) is 0 Å². The van der Waals surface area contributed by atoms with Crippen LogP contribution in [0.1, 0.15) is 19.3 Å². The van der Waals surface area contributed by atoms with Crippen LogP contribution in [0, 0.1) is 5.92 Å². The van der Waals surface area contributed by atoms with Gasteiger partial charge in [-0.25, -0.2) is 0 Å². The average Bonchev–Trinajstić information content (AvgIpc) is 3.25. The van der Waals surface area contributed by atoms with Crippen LogP contribution in [-0.2, 0) is 4.74 Å². The molecular weight excluding hydrogens is 436 g/mol. The molecule has 9 heteroatoms. The molecule has 1 saturated carbocycles. The zero-order valence-electron chi connectivity index (χ0n) is 14.7. The first-order valence-electron chi connectivity index (χ1n) is 8.06. The predicted molar refractivity (Wildman–Crippen MR) is 101 cm³/mol. The molecule has 0 heterocycles. The van der Waals surface area contributed by atoms with Crippen molar-refractivity contribution in [3.8, 4) is 0 Å². The summed E-state index contributed by atoms with van der Waals surface area (Å²) >= 11 is 0. The molecule has 0 aromatic carbocycles. The fourth-order valence-corrected chi connectivity index (χ4v) is 2.16. The first-order chi connectivity index (χ1) is 10.8. The highest BCUT2D eigenvalue weighted by molar-refractivity contribution is 14.0. The second kappa shape index (κ2) is 12.1. The Hall–Kier alpha value is -0.290. The number of rotatable bonds is 10. The maximum atomic E-state index is 12.2. The number of nitrogens with one attached hydrogen (secondary N) is 1. The Morgan fingerprint density at radius 2 is 1.92 bits per heavy atom. The van der Waals surface area contributed by atoms with Gasteiger partial charge < -0.3 is 15.0 Å². The normalized spacial score (nSPS) is 15.4. The maximum Gasteiger partial charge on any atom is 0.401 e. The molecular formula is C15H30F3IN4O. The number of ether oxygens (including phenoxy) is 1. The van der Waals surface area contributed by atoms with Gasteiger partial charge in [-0.2, -0.15) is 13.2 Å². The van der Waals surface area contributed by atoms with Crippen LogP contribution in [0.3, 0.4) is 0 Å². The number of likely N-dealkylation sites (N-methyl/N-ethyl adjacent to an activating group) is 1. The lowest BCUT2D eigenvalue weighted by molar-refractivity contribution is -0.143. The van der Waals surface area contributed by atoms with E-state index in [2.05, 4.69) is 10.3 Å². The molecule has 0 radical (unpaired) electrons. The van der Waals surface area contributed by atoms with Gasteiger partial charge >= 0.3 is 6.18 Å². The van der Waals surface area contributed by atoms with Gasteiger partial charge in [0.05, 0.1) is 13.2 Å². The molecule has 1 fully saturated rings. The van der Waals surface area contributed by atoms with E-state index in [0.29, 0.717) is 26.1 Å². The topological polar surface area (TPSA) is 40.1 Å². The Morgan fingerprint density at radius 1 is 1.25 bits per heavy atom. The molecule has 0 aromatic heterocycles. The predicted octanol–water partition coefficient (Wildman–Crippen LogP) is 2.42. The Morgan fingerprint density at radius 3 is 2.46 bits per heavy atom. The second-order valence-electron chi connectivity index (χ2n) is 6.12. The van der Waals surface area contributed by atoms with Gasteiger partial charge in [-0.3, -0.25) is 9.89 Å². The lowest BCUT2D eigenvalue weighted by atomic mass is 10.4. The second-order valence-corrected chi connectivity index (χ2v) is 6.12. The summed E-state index contributed by atoms with van der Waals surface area (Å²) in [5, 5.41) is 3.16. The van der Waals surface area contributed by atoms with Crippen LogP contribution in [0.5, 0.6) is 0 Å². The molecule has 0 unspecified atom stereocenters. The molecule has 1 aliphatic carbocycles. The summed E-state index contributed by atoms with van der Waals surface area (Å²) in [5.41, 5.74) is 0. The van der Waals surface area contributed by atoms with Crippen molar-refractivity contribution in [1.29, 1.82) is 0 Å². The number of halogens is 4. The van der Waals surface area contributed by atoms with Crippen molar-refractivity contribution >= 4 is 29.9 Å². The molecule has 144 valence electrons. The molecule has 5 nitrogen and oxygen atoms in total. The van der Waals surface area contributed by atoms with E-state index >= 15 is 0 Å². The lowest BCUT2D eigenvalue weighted by Crippen LogP contribution is -2.41. The smallest absolute Gasteiger partial charge is 0.379 e. The van der Waals surface area contributed by atoms with Crippen molar-refractivity contribution < 1.29 is 17.9 Å². The van der Waals surface area contributed by atoms with Crippen LogP contribution < -0.4 is 5.32 Å². The first kappa shape index (κ1) is 23.7. The standard InChI is InChI=1S/C15H29F3N4O.HI/c1-19-14(22(3)9-10-23-11-13-5-6-13)20-7-4-8-21(2)12-15(16,17)18;/h13H,4-12H2,1-3H3,(H,19,20);1H. The minimum absolute atomic E-state index is 0. The molecule has 0 saturated heterocycles. The highest BCUT2D eigenvalue weighted by Gasteiger charge is 2.28. The van der Waals surface area contributed by atoms with Gasteiger partial charge in [0, 0.05) is 33.8 Å². The Kier molecular flexibility index (Phi) is 12.0. The van der Waals surface area contributed by atoms with Crippen molar-refractivity contribution in [2.24, 2.45) is 10.9 Å². The molecule has 1 aliphatic rings. The highest BCUT2D eigenvalue weighted by Crippen LogP contribution is 2.28. The van der Waals surface area contributed by atoms with E-state index in [9.17, 15) is 13.2 Å². The zero-order valence-corrected chi connectivity index (χ0v) is 17.1. The van der Waals surface area contributed by atoms with Gasteiger partial charge in [-0.15, -0.1) is 24.0 Å². The number of guanidine groups is 1. The quantitative estimate of drug-likeness (QED) is 0.233. The Labute approximate surface area is 160 Å². The molecule has 0 aromatic rings. The van der Waals surface area contributed by atoms with Gasteiger partial charge in [0.1, 0.15) is 0 Å². The van der Waals surface area contributed by atoms with Gasteiger partial charge in [0.2, 0.25) is 0 Å². The van der Waals surface area contributed by atoms with Crippen molar-refractivity contribution in [1.82, 2.24) is 15.1 Å². The molecule has 1 N–H and O–H groups in total. The van der Waals surface area contributed by atoms with Crippen molar-refractivity contribution in [3.63, 3.8) is 0 Å². The number of aliphatic imine (C=N–C) groups is 1. The number of hydrogen-bond donors (Lipinski definition) is 1. The Balaban J connectivity index is 0.00000529. The third-order valence-electron chi connectivity index (χ3n) is 3.64. The average molecular weight is 466 g/mol. The van der Waals surface area contributed by atoms with E-state index in [-0.39, 0.29) is 24.0 Å². The fraction of sp³-hybridized carbons (Fsp3) is 0.933. The number of hydrogen-bond acceptors (Lipinski definition) is 3. The van der Waals surface area contributed by atoms with Crippen LogP contribution in [0.4, 0.5) is 13.2 Å². The molecule has 0 amide bonds. The molecule has 0 bridgehead atoms. The zero-order chi connectivity index (χ0) is 17.3. The summed E-state index contributed by atoms with van der Waals surface area (Å²) < 4.78 is 42.2. The van der Waals surface area contributed by atoms with E-state index in [1.165, 1.54) is 24.8 Å². The summed E-state index contributed by atoms with van der Waals surface area (Å²) in [4.78, 5) is 7.41.